The zero-order valence-electron chi connectivity index (χ0n) is 15.3. The standard InChI is InChI=1S/C21H23FN2O2/c1-5-14-24(15-16-6-8-17(22)9-7-16)19-12-10-18(11-13-19)23-20(25)26-21(2,3)4/h1,6-13H,14-15H2,2-4H3,(H,23,25). The summed E-state index contributed by atoms with van der Waals surface area (Å²) < 4.78 is 18.3. The Morgan fingerprint density at radius 3 is 2.31 bits per heavy atom. The first kappa shape index (κ1) is 19.3. The van der Waals surface area contributed by atoms with E-state index >= 15 is 0 Å². The van der Waals surface area contributed by atoms with Crippen molar-refractivity contribution in [2.24, 2.45) is 0 Å². The minimum Gasteiger partial charge on any atom is -0.444 e. The molecule has 136 valence electrons. The van der Waals surface area contributed by atoms with Crippen molar-refractivity contribution >= 4 is 17.5 Å². The number of halogens is 1. The minimum absolute atomic E-state index is 0.269. The number of rotatable bonds is 5. The molecule has 0 aromatic heterocycles. The lowest BCUT2D eigenvalue weighted by molar-refractivity contribution is 0.0636. The second-order valence-electron chi connectivity index (χ2n) is 6.86. The van der Waals surface area contributed by atoms with Crippen molar-refractivity contribution < 1.29 is 13.9 Å². The van der Waals surface area contributed by atoms with Crippen LogP contribution in [-0.2, 0) is 11.3 Å². The fraction of sp³-hybridized carbons (Fsp3) is 0.286. The van der Waals surface area contributed by atoms with E-state index in [1.165, 1.54) is 12.1 Å². The molecular weight excluding hydrogens is 331 g/mol. The molecule has 1 N–H and O–H groups in total. The normalized spacial score (nSPS) is 10.7. The number of amides is 1. The fourth-order valence-corrected chi connectivity index (χ4v) is 2.34. The van der Waals surface area contributed by atoms with Gasteiger partial charge in [-0.3, -0.25) is 5.32 Å². The molecule has 0 atom stereocenters. The number of terminal acetylenes is 1. The summed E-state index contributed by atoms with van der Waals surface area (Å²) in [4.78, 5) is 13.8. The molecule has 0 unspecified atom stereocenters. The summed E-state index contributed by atoms with van der Waals surface area (Å²) in [6.45, 7) is 6.40. The quantitative estimate of drug-likeness (QED) is 0.783. The topological polar surface area (TPSA) is 41.6 Å². The summed E-state index contributed by atoms with van der Waals surface area (Å²) in [5.41, 5.74) is 1.94. The monoisotopic (exact) mass is 354 g/mol. The van der Waals surface area contributed by atoms with Gasteiger partial charge < -0.3 is 9.64 Å². The lowest BCUT2D eigenvalue weighted by Crippen LogP contribution is -2.27. The van der Waals surface area contributed by atoms with Crippen LogP contribution < -0.4 is 10.2 Å². The van der Waals surface area contributed by atoms with Crippen molar-refractivity contribution in [2.75, 3.05) is 16.8 Å². The molecule has 1 amide bonds. The molecule has 0 aliphatic rings. The zero-order valence-corrected chi connectivity index (χ0v) is 15.3. The van der Waals surface area contributed by atoms with E-state index in [9.17, 15) is 9.18 Å². The summed E-state index contributed by atoms with van der Waals surface area (Å²) in [5.74, 6) is 2.36. The molecule has 0 aliphatic heterocycles. The molecule has 0 radical (unpaired) electrons. The first-order valence-electron chi connectivity index (χ1n) is 8.30. The average Bonchev–Trinajstić information content (AvgIpc) is 2.55. The summed E-state index contributed by atoms with van der Waals surface area (Å²) >= 11 is 0. The first-order valence-corrected chi connectivity index (χ1v) is 8.30. The van der Waals surface area contributed by atoms with Crippen LogP contribution in [0.25, 0.3) is 0 Å². The average molecular weight is 354 g/mol. The number of hydrogen-bond donors (Lipinski definition) is 1. The van der Waals surface area contributed by atoms with Gasteiger partial charge in [0, 0.05) is 17.9 Å². The Balaban J connectivity index is 2.06. The predicted molar refractivity (Wildman–Crippen MR) is 103 cm³/mol. The molecule has 4 nitrogen and oxygen atoms in total. The Kier molecular flexibility index (Phi) is 6.24. The van der Waals surface area contributed by atoms with E-state index in [2.05, 4.69) is 11.2 Å². The van der Waals surface area contributed by atoms with Gasteiger partial charge in [-0.05, 0) is 62.7 Å². The van der Waals surface area contributed by atoms with E-state index in [0.717, 1.165) is 11.3 Å². The lowest BCUT2D eigenvalue weighted by atomic mass is 10.2. The van der Waals surface area contributed by atoms with Crippen LogP contribution in [0.5, 0.6) is 0 Å². The molecule has 26 heavy (non-hydrogen) atoms. The highest BCUT2D eigenvalue weighted by molar-refractivity contribution is 5.85. The van der Waals surface area contributed by atoms with Gasteiger partial charge in [0.15, 0.2) is 0 Å². The summed E-state index contributed by atoms with van der Waals surface area (Å²) in [6.07, 6.45) is 4.97. The molecule has 2 aromatic rings. The van der Waals surface area contributed by atoms with Crippen molar-refractivity contribution in [2.45, 2.75) is 32.9 Å². The van der Waals surface area contributed by atoms with E-state index in [0.29, 0.717) is 18.8 Å². The van der Waals surface area contributed by atoms with Gasteiger partial charge in [-0.25, -0.2) is 9.18 Å². The molecule has 0 aliphatic carbocycles. The zero-order chi connectivity index (χ0) is 19.2. The van der Waals surface area contributed by atoms with E-state index in [4.69, 9.17) is 11.2 Å². The van der Waals surface area contributed by atoms with Crippen LogP contribution >= 0.6 is 0 Å². The third-order valence-corrected chi connectivity index (χ3v) is 3.45. The molecule has 0 fully saturated rings. The van der Waals surface area contributed by atoms with E-state index in [1.54, 1.807) is 24.3 Å². The van der Waals surface area contributed by atoms with Crippen molar-refractivity contribution in [3.05, 3.63) is 59.9 Å². The SMILES string of the molecule is C#CCN(Cc1ccc(F)cc1)c1ccc(NC(=O)OC(C)(C)C)cc1. The van der Waals surface area contributed by atoms with Crippen molar-refractivity contribution in [3.63, 3.8) is 0 Å². The second kappa shape index (κ2) is 8.39. The van der Waals surface area contributed by atoms with E-state index < -0.39 is 11.7 Å². The Labute approximate surface area is 154 Å². The predicted octanol–water partition coefficient (Wildman–Crippen LogP) is 4.81. The van der Waals surface area contributed by atoms with Gasteiger partial charge >= 0.3 is 6.09 Å². The van der Waals surface area contributed by atoms with Gasteiger partial charge in [0.1, 0.15) is 11.4 Å². The van der Waals surface area contributed by atoms with Gasteiger partial charge in [-0.2, -0.15) is 0 Å². The number of nitrogens with one attached hydrogen (secondary N) is 1. The Morgan fingerprint density at radius 1 is 1.15 bits per heavy atom. The summed E-state index contributed by atoms with van der Waals surface area (Å²) in [5, 5.41) is 2.69. The summed E-state index contributed by atoms with van der Waals surface area (Å²) in [6, 6.07) is 13.6. The highest BCUT2D eigenvalue weighted by Gasteiger charge is 2.16. The van der Waals surface area contributed by atoms with E-state index in [-0.39, 0.29) is 5.82 Å². The molecular formula is C21H23FN2O2. The van der Waals surface area contributed by atoms with Gasteiger partial charge in [0.25, 0.3) is 0 Å². The number of ether oxygens (including phenoxy) is 1. The van der Waals surface area contributed by atoms with Crippen LogP contribution in [0.15, 0.2) is 48.5 Å². The molecule has 2 aromatic carbocycles. The Bertz CT molecular complexity index is 772. The number of carbonyl (C=O) groups excluding carboxylic acids is 1. The molecule has 0 saturated heterocycles. The van der Waals surface area contributed by atoms with Crippen molar-refractivity contribution in [3.8, 4) is 12.3 Å². The first-order chi connectivity index (χ1) is 12.3. The largest absolute Gasteiger partial charge is 0.444 e. The number of carbonyl (C=O) groups is 1. The van der Waals surface area contributed by atoms with Gasteiger partial charge in [-0.1, -0.05) is 18.1 Å². The third kappa shape index (κ3) is 6.14. The molecule has 0 heterocycles. The van der Waals surface area contributed by atoms with E-state index in [1.807, 2.05) is 37.8 Å². The maximum absolute atomic E-state index is 13.1. The van der Waals surface area contributed by atoms with Gasteiger partial charge in [0.05, 0.1) is 6.54 Å². The molecule has 0 bridgehead atoms. The second-order valence-corrected chi connectivity index (χ2v) is 6.86. The molecule has 0 spiro atoms. The number of nitrogens with zero attached hydrogens (tertiary/aromatic N) is 1. The molecule has 5 heteroatoms. The van der Waals surface area contributed by atoms with Crippen molar-refractivity contribution in [1.82, 2.24) is 0 Å². The van der Waals surface area contributed by atoms with Crippen LogP contribution in [0.3, 0.4) is 0 Å². The highest BCUT2D eigenvalue weighted by Crippen LogP contribution is 2.21. The maximum atomic E-state index is 13.1. The maximum Gasteiger partial charge on any atom is 0.412 e. The molecule has 0 saturated carbocycles. The molecule has 2 rings (SSSR count). The highest BCUT2D eigenvalue weighted by atomic mass is 19.1. The van der Waals surface area contributed by atoms with Crippen LogP contribution in [0.1, 0.15) is 26.3 Å². The Hall–Kier alpha value is -3.00. The van der Waals surface area contributed by atoms with Crippen LogP contribution in [0, 0.1) is 18.2 Å². The number of anilines is 2. The fourth-order valence-electron chi connectivity index (χ4n) is 2.34. The number of benzene rings is 2. The van der Waals surface area contributed by atoms with Crippen molar-refractivity contribution in [1.29, 1.82) is 0 Å². The van der Waals surface area contributed by atoms with Crippen LogP contribution in [-0.4, -0.2) is 18.2 Å². The minimum atomic E-state index is -0.553. The van der Waals surface area contributed by atoms with Gasteiger partial charge in [0.2, 0.25) is 0 Å². The van der Waals surface area contributed by atoms with Crippen LogP contribution in [0.4, 0.5) is 20.6 Å². The van der Waals surface area contributed by atoms with Crippen LogP contribution in [0.2, 0.25) is 0 Å². The van der Waals surface area contributed by atoms with Gasteiger partial charge in [-0.15, -0.1) is 6.42 Å². The summed E-state index contributed by atoms with van der Waals surface area (Å²) in [7, 11) is 0. The number of hydrogen-bond acceptors (Lipinski definition) is 3. The smallest absolute Gasteiger partial charge is 0.412 e. The Morgan fingerprint density at radius 2 is 1.77 bits per heavy atom. The third-order valence-electron chi connectivity index (χ3n) is 3.45. The lowest BCUT2D eigenvalue weighted by Gasteiger charge is -2.23.